The maximum absolute atomic E-state index is 5.28. The van der Waals surface area contributed by atoms with E-state index in [4.69, 9.17) is 14.5 Å². The van der Waals surface area contributed by atoms with E-state index in [1.165, 1.54) is 5.56 Å². The molecule has 2 heterocycles. The van der Waals surface area contributed by atoms with Crippen molar-refractivity contribution < 1.29 is 9.47 Å². The number of nitrogens with zero attached hydrogens (tertiary/aromatic N) is 1. The number of benzene rings is 1. The average molecular weight is 304 g/mol. The second-order valence-electron chi connectivity index (χ2n) is 5.06. The van der Waals surface area contributed by atoms with E-state index in [0.717, 1.165) is 48.0 Å². The Morgan fingerprint density at radius 2 is 2.24 bits per heavy atom. The Kier molecular flexibility index (Phi) is 4.51. The van der Waals surface area contributed by atoms with Gasteiger partial charge in [0.1, 0.15) is 11.6 Å². The molecule has 0 atom stereocenters. The van der Waals surface area contributed by atoms with E-state index >= 15 is 0 Å². The van der Waals surface area contributed by atoms with Crippen molar-refractivity contribution in [2.24, 2.45) is 0 Å². The third-order valence-electron chi connectivity index (χ3n) is 3.53. The monoisotopic (exact) mass is 304 g/mol. The van der Waals surface area contributed by atoms with E-state index < -0.39 is 0 Å². The summed E-state index contributed by atoms with van der Waals surface area (Å²) in [5.74, 6) is 2.78. The van der Waals surface area contributed by atoms with E-state index in [2.05, 4.69) is 24.4 Å². The normalized spacial score (nSPS) is 15.0. The van der Waals surface area contributed by atoms with Crippen molar-refractivity contribution in [3.8, 4) is 5.75 Å². The van der Waals surface area contributed by atoms with Crippen molar-refractivity contribution in [2.45, 2.75) is 17.9 Å². The molecular weight excluding hydrogens is 284 g/mol. The molecule has 1 saturated heterocycles. The van der Waals surface area contributed by atoms with Crippen molar-refractivity contribution >= 4 is 28.5 Å². The molecular formula is C16H20N2O2S. The number of fused-ring (bicyclic) bond motifs is 1. The number of hydrogen-bond acceptors (Lipinski definition) is 5. The molecule has 1 aliphatic rings. The van der Waals surface area contributed by atoms with Gasteiger partial charge in [0.2, 0.25) is 0 Å². The summed E-state index contributed by atoms with van der Waals surface area (Å²) < 4.78 is 10.5. The number of nitrogens with one attached hydrogen (secondary N) is 1. The Labute approximate surface area is 129 Å². The fraction of sp³-hybridized carbons (Fsp3) is 0.438. The summed E-state index contributed by atoms with van der Waals surface area (Å²) in [6, 6.07) is 8.25. The molecule has 4 nitrogen and oxygen atoms in total. The van der Waals surface area contributed by atoms with Gasteiger partial charge in [0, 0.05) is 29.3 Å². The first-order chi connectivity index (χ1) is 10.3. The summed E-state index contributed by atoms with van der Waals surface area (Å²) in [4.78, 5) is 4.76. The van der Waals surface area contributed by atoms with Crippen molar-refractivity contribution in [1.29, 1.82) is 0 Å². The number of ether oxygens (including phenoxy) is 2. The van der Waals surface area contributed by atoms with Crippen LogP contribution in [0.2, 0.25) is 0 Å². The summed E-state index contributed by atoms with van der Waals surface area (Å²) in [5.41, 5.74) is 2.22. The van der Waals surface area contributed by atoms with E-state index in [0.29, 0.717) is 5.25 Å². The van der Waals surface area contributed by atoms with E-state index in [-0.39, 0.29) is 0 Å². The van der Waals surface area contributed by atoms with Gasteiger partial charge in [-0.05, 0) is 25.1 Å². The number of methoxy groups -OCH3 is 1. The number of pyridine rings is 1. The standard InChI is InChI=1S/C16H20N2O2S/c1-3-17-16-12(10-21-14-8-20-9-14)6-11-4-5-13(19-2)7-15(11)18-16/h4-7,14H,3,8-10H2,1-2H3,(H,17,18). The Morgan fingerprint density at radius 3 is 2.90 bits per heavy atom. The quantitative estimate of drug-likeness (QED) is 0.887. The van der Waals surface area contributed by atoms with Gasteiger partial charge in [-0.3, -0.25) is 0 Å². The van der Waals surface area contributed by atoms with Gasteiger partial charge in [0.25, 0.3) is 0 Å². The van der Waals surface area contributed by atoms with Gasteiger partial charge in [-0.1, -0.05) is 0 Å². The summed E-state index contributed by atoms with van der Waals surface area (Å²) in [7, 11) is 1.68. The lowest BCUT2D eigenvalue weighted by Gasteiger charge is -2.25. The molecule has 0 unspecified atom stereocenters. The Balaban J connectivity index is 1.90. The molecule has 0 spiro atoms. The molecule has 21 heavy (non-hydrogen) atoms. The fourth-order valence-corrected chi connectivity index (χ4v) is 3.29. The maximum atomic E-state index is 5.28. The van der Waals surface area contributed by atoms with Crippen LogP contribution in [0.1, 0.15) is 12.5 Å². The van der Waals surface area contributed by atoms with Crippen LogP contribution in [0.3, 0.4) is 0 Å². The lowest BCUT2D eigenvalue weighted by molar-refractivity contribution is 0.0455. The van der Waals surface area contributed by atoms with Crippen molar-refractivity contribution in [3.05, 3.63) is 29.8 Å². The molecule has 3 rings (SSSR count). The second kappa shape index (κ2) is 6.54. The summed E-state index contributed by atoms with van der Waals surface area (Å²) >= 11 is 1.94. The predicted molar refractivity (Wildman–Crippen MR) is 88.4 cm³/mol. The van der Waals surface area contributed by atoms with Gasteiger partial charge in [-0.15, -0.1) is 11.8 Å². The van der Waals surface area contributed by atoms with Gasteiger partial charge in [-0.25, -0.2) is 4.98 Å². The minimum atomic E-state index is 0.631. The first-order valence-electron chi connectivity index (χ1n) is 7.21. The minimum Gasteiger partial charge on any atom is -0.497 e. The SMILES string of the molecule is CCNc1nc2cc(OC)ccc2cc1CSC1COC1. The molecule has 1 aromatic carbocycles. The Hall–Kier alpha value is -1.46. The average Bonchev–Trinajstić information content (AvgIpc) is 2.45. The van der Waals surface area contributed by atoms with Crippen LogP contribution in [0.5, 0.6) is 5.75 Å². The van der Waals surface area contributed by atoms with Crippen LogP contribution in [-0.4, -0.2) is 37.1 Å². The lowest BCUT2D eigenvalue weighted by atomic mass is 10.1. The number of hydrogen-bond donors (Lipinski definition) is 1. The summed E-state index contributed by atoms with van der Waals surface area (Å²) in [6.07, 6.45) is 0. The summed E-state index contributed by atoms with van der Waals surface area (Å²) in [6.45, 7) is 4.71. The molecule has 1 fully saturated rings. The van der Waals surface area contributed by atoms with Gasteiger partial charge in [0.15, 0.2) is 0 Å². The number of rotatable bonds is 6. The van der Waals surface area contributed by atoms with Crippen LogP contribution in [0.25, 0.3) is 10.9 Å². The maximum Gasteiger partial charge on any atom is 0.130 e. The van der Waals surface area contributed by atoms with E-state index in [1.54, 1.807) is 7.11 Å². The number of thioether (sulfide) groups is 1. The molecule has 0 aliphatic carbocycles. The first-order valence-corrected chi connectivity index (χ1v) is 8.26. The molecule has 5 heteroatoms. The van der Waals surface area contributed by atoms with Crippen LogP contribution in [-0.2, 0) is 10.5 Å². The minimum absolute atomic E-state index is 0.631. The molecule has 2 aromatic rings. The summed E-state index contributed by atoms with van der Waals surface area (Å²) in [5, 5.41) is 5.15. The lowest BCUT2D eigenvalue weighted by Crippen LogP contribution is -2.30. The van der Waals surface area contributed by atoms with Crippen LogP contribution in [0.15, 0.2) is 24.3 Å². The molecule has 0 saturated carbocycles. The molecule has 0 amide bonds. The molecule has 1 aliphatic heterocycles. The molecule has 1 aromatic heterocycles. The van der Waals surface area contributed by atoms with Crippen LogP contribution in [0, 0.1) is 0 Å². The first kappa shape index (κ1) is 14.5. The van der Waals surface area contributed by atoms with Crippen LogP contribution < -0.4 is 10.1 Å². The third kappa shape index (κ3) is 3.24. The highest BCUT2D eigenvalue weighted by Gasteiger charge is 2.19. The fourth-order valence-electron chi connectivity index (χ4n) is 2.27. The predicted octanol–water partition coefficient (Wildman–Crippen LogP) is 3.31. The smallest absolute Gasteiger partial charge is 0.130 e. The zero-order valence-corrected chi connectivity index (χ0v) is 13.2. The number of anilines is 1. The Bertz CT molecular complexity index is 629. The zero-order chi connectivity index (χ0) is 14.7. The molecule has 0 bridgehead atoms. The molecule has 112 valence electrons. The topological polar surface area (TPSA) is 43.4 Å². The highest BCUT2D eigenvalue weighted by molar-refractivity contribution is 7.99. The van der Waals surface area contributed by atoms with Gasteiger partial charge >= 0.3 is 0 Å². The van der Waals surface area contributed by atoms with Crippen LogP contribution in [0.4, 0.5) is 5.82 Å². The van der Waals surface area contributed by atoms with E-state index in [1.807, 2.05) is 23.9 Å². The van der Waals surface area contributed by atoms with Crippen molar-refractivity contribution in [1.82, 2.24) is 4.98 Å². The van der Waals surface area contributed by atoms with E-state index in [9.17, 15) is 0 Å². The Morgan fingerprint density at radius 1 is 1.38 bits per heavy atom. The second-order valence-corrected chi connectivity index (χ2v) is 6.34. The molecule has 1 N–H and O–H groups in total. The zero-order valence-electron chi connectivity index (χ0n) is 12.4. The van der Waals surface area contributed by atoms with Crippen molar-refractivity contribution in [2.75, 3.05) is 32.2 Å². The van der Waals surface area contributed by atoms with Crippen LogP contribution >= 0.6 is 11.8 Å². The van der Waals surface area contributed by atoms with Gasteiger partial charge in [0.05, 0.1) is 31.1 Å². The van der Waals surface area contributed by atoms with Crippen molar-refractivity contribution in [3.63, 3.8) is 0 Å². The molecule has 0 radical (unpaired) electrons. The number of aromatic nitrogens is 1. The highest BCUT2D eigenvalue weighted by Crippen LogP contribution is 2.29. The third-order valence-corrected chi connectivity index (χ3v) is 4.75. The van der Waals surface area contributed by atoms with Gasteiger partial charge < -0.3 is 14.8 Å². The van der Waals surface area contributed by atoms with Gasteiger partial charge in [-0.2, -0.15) is 0 Å². The largest absolute Gasteiger partial charge is 0.497 e. The highest BCUT2D eigenvalue weighted by atomic mass is 32.2.